The number of nitrogens with zero attached hydrogens (tertiary/aromatic N) is 3. The second-order valence-corrected chi connectivity index (χ2v) is 5.65. The Hall–Kier alpha value is -2.15. The van der Waals surface area contributed by atoms with Gasteiger partial charge in [0, 0.05) is 25.2 Å². The standard InChI is InChI=1S/C14H17N3O4/c1-10-4-6-15(7-5-10)9-16-12-8-11(17(19)20)2-3-13(12)21-14(16)18/h2-3,8,10H,4-7,9H2,1H3. The predicted molar refractivity (Wildman–Crippen MR) is 77.1 cm³/mol. The van der Waals surface area contributed by atoms with E-state index in [-0.39, 0.29) is 5.69 Å². The van der Waals surface area contributed by atoms with E-state index in [9.17, 15) is 14.9 Å². The number of non-ortho nitro benzene ring substituents is 1. The van der Waals surface area contributed by atoms with Crippen LogP contribution in [0.5, 0.6) is 0 Å². The molecule has 1 saturated heterocycles. The highest BCUT2D eigenvalue weighted by Gasteiger charge is 2.19. The third-order valence-electron chi connectivity index (χ3n) is 4.08. The molecule has 0 aliphatic carbocycles. The Morgan fingerprint density at radius 2 is 2.10 bits per heavy atom. The van der Waals surface area contributed by atoms with Crippen LogP contribution in [0.25, 0.3) is 11.1 Å². The average molecular weight is 291 g/mol. The van der Waals surface area contributed by atoms with Crippen molar-refractivity contribution in [2.75, 3.05) is 13.1 Å². The zero-order chi connectivity index (χ0) is 15.0. The summed E-state index contributed by atoms with van der Waals surface area (Å²) in [5, 5.41) is 10.9. The average Bonchev–Trinajstić information content (AvgIpc) is 2.77. The molecule has 0 unspecified atom stereocenters. The molecule has 21 heavy (non-hydrogen) atoms. The van der Waals surface area contributed by atoms with Gasteiger partial charge >= 0.3 is 5.76 Å². The maximum Gasteiger partial charge on any atom is 0.421 e. The van der Waals surface area contributed by atoms with Gasteiger partial charge in [-0.2, -0.15) is 0 Å². The van der Waals surface area contributed by atoms with E-state index >= 15 is 0 Å². The van der Waals surface area contributed by atoms with Crippen molar-refractivity contribution in [2.24, 2.45) is 5.92 Å². The zero-order valence-electron chi connectivity index (χ0n) is 11.8. The predicted octanol–water partition coefficient (Wildman–Crippen LogP) is 2.19. The number of aromatic nitrogens is 1. The fourth-order valence-corrected chi connectivity index (χ4v) is 2.70. The molecule has 1 fully saturated rings. The van der Waals surface area contributed by atoms with Crippen molar-refractivity contribution in [1.29, 1.82) is 0 Å². The molecular formula is C14H17N3O4. The zero-order valence-corrected chi connectivity index (χ0v) is 11.8. The molecule has 3 rings (SSSR count). The summed E-state index contributed by atoms with van der Waals surface area (Å²) in [7, 11) is 0. The number of nitro benzene ring substituents is 1. The Kier molecular flexibility index (Phi) is 3.50. The third-order valence-corrected chi connectivity index (χ3v) is 4.08. The molecule has 1 aromatic heterocycles. The number of likely N-dealkylation sites (tertiary alicyclic amines) is 1. The van der Waals surface area contributed by atoms with Crippen molar-refractivity contribution in [2.45, 2.75) is 26.4 Å². The highest BCUT2D eigenvalue weighted by Crippen LogP contribution is 2.21. The van der Waals surface area contributed by atoms with Crippen molar-refractivity contribution in [3.8, 4) is 0 Å². The molecule has 0 atom stereocenters. The summed E-state index contributed by atoms with van der Waals surface area (Å²) in [6, 6.07) is 4.22. The second-order valence-electron chi connectivity index (χ2n) is 5.65. The van der Waals surface area contributed by atoms with E-state index in [0.717, 1.165) is 25.9 Å². The largest absolute Gasteiger partial charge is 0.421 e. The minimum atomic E-state index is -0.468. The molecule has 1 aliphatic heterocycles. The number of rotatable bonds is 3. The van der Waals surface area contributed by atoms with Crippen molar-refractivity contribution < 1.29 is 9.34 Å². The van der Waals surface area contributed by atoms with Gasteiger partial charge in [-0.25, -0.2) is 4.79 Å². The summed E-state index contributed by atoms with van der Waals surface area (Å²) >= 11 is 0. The lowest BCUT2D eigenvalue weighted by Gasteiger charge is -2.29. The number of hydrogen-bond acceptors (Lipinski definition) is 5. The Labute approximate surface area is 120 Å². The SMILES string of the molecule is CC1CCN(Cn2c(=O)oc3ccc([N+](=O)[O-])cc32)CC1. The van der Waals surface area contributed by atoms with Gasteiger partial charge in [0.15, 0.2) is 5.58 Å². The molecular weight excluding hydrogens is 274 g/mol. The molecule has 7 heteroatoms. The van der Waals surface area contributed by atoms with Crippen LogP contribution in [-0.4, -0.2) is 27.5 Å². The molecule has 0 saturated carbocycles. The van der Waals surface area contributed by atoms with E-state index in [1.807, 2.05) is 0 Å². The summed E-state index contributed by atoms with van der Waals surface area (Å²) in [5.74, 6) is 0.240. The number of nitro groups is 1. The monoisotopic (exact) mass is 291 g/mol. The molecule has 1 aliphatic rings. The molecule has 2 aromatic rings. The highest BCUT2D eigenvalue weighted by molar-refractivity contribution is 5.75. The van der Waals surface area contributed by atoms with Crippen molar-refractivity contribution in [3.05, 3.63) is 38.9 Å². The normalized spacial score (nSPS) is 17.4. The van der Waals surface area contributed by atoms with E-state index in [0.29, 0.717) is 23.7 Å². The number of oxazole rings is 1. The van der Waals surface area contributed by atoms with Crippen LogP contribution >= 0.6 is 0 Å². The van der Waals surface area contributed by atoms with Gasteiger partial charge < -0.3 is 4.42 Å². The van der Waals surface area contributed by atoms with Gasteiger partial charge in [-0.05, 0) is 24.8 Å². The number of benzene rings is 1. The number of piperidine rings is 1. The van der Waals surface area contributed by atoms with Crippen LogP contribution in [0.4, 0.5) is 5.69 Å². The van der Waals surface area contributed by atoms with E-state index < -0.39 is 10.7 Å². The Bertz CT molecular complexity index is 725. The molecule has 112 valence electrons. The number of hydrogen-bond donors (Lipinski definition) is 0. The molecule has 0 spiro atoms. The first-order chi connectivity index (χ1) is 10.0. The smallest absolute Gasteiger partial charge is 0.408 e. The van der Waals surface area contributed by atoms with Gasteiger partial charge in [0.2, 0.25) is 0 Å². The molecule has 1 aromatic carbocycles. The first-order valence-electron chi connectivity index (χ1n) is 7.05. The van der Waals surface area contributed by atoms with E-state index in [1.54, 1.807) is 0 Å². The summed E-state index contributed by atoms with van der Waals surface area (Å²) in [6.45, 7) is 4.49. The first-order valence-corrected chi connectivity index (χ1v) is 7.05. The van der Waals surface area contributed by atoms with Gasteiger partial charge in [-0.1, -0.05) is 6.92 Å². The molecule has 0 N–H and O–H groups in total. The van der Waals surface area contributed by atoms with Crippen LogP contribution in [0.3, 0.4) is 0 Å². The maximum absolute atomic E-state index is 12.0. The molecule has 7 nitrogen and oxygen atoms in total. The van der Waals surface area contributed by atoms with E-state index in [2.05, 4.69) is 11.8 Å². The van der Waals surface area contributed by atoms with Crippen LogP contribution < -0.4 is 5.76 Å². The summed E-state index contributed by atoms with van der Waals surface area (Å²) in [5.41, 5.74) is 0.827. The van der Waals surface area contributed by atoms with Crippen LogP contribution in [0.15, 0.2) is 27.4 Å². The minimum absolute atomic E-state index is 0.0377. The van der Waals surface area contributed by atoms with Crippen LogP contribution in [0.1, 0.15) is 19.8 Å². The number of fused-ring (bicyclic) bond motifs is 1. The van der Waals surface area contributed by atoms with Gasteiger partial charge in [-0.15, -0.1) is 0 Å². The summed E-state index contributed by atoms with van der Waals surface area (Å²) in [6.07, 6.45) is 2.20. The fourth-order valence-electron chi connectivity index (χ4n) is 2.70. The van der Waals surface area contributed by atoms with E-state index in [4.69, 9.17) is 4.42 Å². The molecule has 0 radical (unpaired) electrons. The fraction of sp³-hybridized carbons (Fsp3) is 0.500. The van der Waals surface area contributed by atoms with Crippen LogP contribution in [0, 0.1) is 16.0 Å². The summed E-state index contributed by atoms with van der Waals surface area (Å²) < 4.78 is 6.63. The first kappa shape index (κ1) is 13.8. The van der Waals surface area contributed by atoms with Crippen molar-refractivity contribution in [1.82, 2.24) is 9.47 Å². The van der Waals surface area contributed by atoms with Gasteiger partial charge in [0.05, 0.1) is 17.1 Å². The summed E-state index contributed by atoms with van der Waals surface area (Å²) in [4.78, 5) is 24.5. The lowest BCUT2D eigenvalue weighted by atomic mass is 10.00. The van der Waals surface area contributed by atoms with Crippen LogP contribution in [-0.2, 0) is 6.67 Å². The molecule has 2 heterocycles. The molecule has 0 bridgehead atoms. The highest BCUT2D eigenvalue weighted by atomic mass is 16.6. The van der Waals surface area contributed by atoms with Crippen LogP contribution in [0.2, 0.25) is 0 Å². The lowest BCUT2D eigenvalue weighted by molar-refractivity contribution is -0.384. The van der Waals surface area contributed by atoms with Gasteiger partial charge in [0.1, 0.15) is 0 Å². The quantitative estimate of drug-likeness (QED) is 0.639. The minimum Gasteiger partial charge on any atom is -0.408 e. The van der Waals surface area contributed by atoms with Crippen molar-refractivity contribution >= 4 is 16.8 Å². The maximum atomic E-state index is 12.0. The topological polar surface area (TPSA) is 81.5 Å². The Morgan fingerprint density at radius 3 is 2.76 bits per heavy atom. The Morgan fingerprint density at radius 1 is 1.38 bits per heavy atom. The van der Waals surface area contributed by atoms with Gasteiger partial charge in [0.25, 0.3) is 5.69 Å². The second kappa shape index (κ2) is 5.33. The van der Waals surface area contributed by atoms with Crippen molar-refractivity contribution in [3.63, 3.8) is 0 Å². The van der Waals surface area contributed by atoms with Gasteiger partial charge in [-0.3, -0.25) is 19.6 Å². The lowest BCUT2D eigenvalue weighted by Crippen LogP contribution is -2.36. The third kappa shape index (κ3) is 2.69. The Balaban J connectivity index is 1.93. The molecule has 0 amide bonds. The van der Waals surface area contributed by atoms with E-state index in [1.165, 1.54) is 22.8 Å².